The first-order chi connectivity index (χ1) is 13.1. The van der Waals surface area contributed by atoms with E-state index in [4.69, 9.17) is 0 Å². The van der Waals surface area contributed by atoms with Crippen LogP contribution in [-0.4, -0.2) is 47.8 Å². The van der Waals surface area contributed by atoms with E-state index in [1.807, 2.05) is 53.3 Å². The molecule has 146 valence electrons. The first kappa shape index (κ1) is 19.7. The molecule has 0 aromatic heterocycles. The van der Waals surface area contributed by atoms with Crippen LogP contribution in [0.15, 0.2) is 36.4 Å². The predicted molar refractivity (Wildman–Crippen MR) is 109 cm³/mol. The van der Waals surface area contributed by atoms with Gasteiger partial charge in [0.25, 0.3) is 0 Å². The van der Waals surface area contributed by atoms with Crippen molar-refractivity contribution in [3.63, 3.8) is 0 Å². The number of amides is 2. The van der Waals surface area contributed by atoms with Gasteiger partial charge in [-0.15, -0.1) is 0 Å². The van der Waals surface area contributed by atoms with Crippen LogP contribution in [0.2, 0.25) is 0 Å². The molecule has 1 saturated carbocycles. The lowest BCUT2D eigenvalue weighted by Crippen LogP contribution is -2.45. The lowest BCUT2D eigenvalue weighted by molar-refractivity contribution is -0.140. The van der Waals surface area contributed by atoms with Gasteiger partial charge in [-0.2, -0.15) is 0 Å². The maximum absolute atomic E-state index is 12.9. The van der Waals surface area contributed by atoms with Crippen molar-refractivity contribution in [2.75, 3.05) is 20.1 Å². The Balaban J connectivity index is 1.48. The van der Waals surface area contributed by atoms with Gasteiger partial charge in [0.05, 0.1) is 0 Å². The highest BCUT2D eigenvalue weighted by Crippen LogP contribution is 2.25. The molecule has 0 spiro atoms. The Bertz CT molecular complexity index is 640. The maximum atomic E-state index is 12.9. The van der Waals surface area contributed by atoms with Gasteiger partial charge in [-0.25, -0.2) is 0 Å². The van der Waals surface area contributed by atoms with Gasteiger partial charge < -0.3 is 9.80 Å². The molecule has 0 unspecified atom stereocenters. The van der Waals surface area contributed by atoms with E-state index in [-0.39, 0.29) is 17.7 Å². The quantitative estimate of drug-likeness (QED) is 0.592. The number of carbonyl (C=O) groups excluding carboxylic acids is 2. The van der Waals surface area contributed by atoms with E-state index >= 15 is 0 Å². The van der Waals surface area contributed by atoms with Crippen LogP contribution >= 0.6 is 0 Å². The molecule has 1 heterocycles. The fraction of sp³-hybridized carbons (Fsp3) is 0.565. The van der Waals surface area contributed by atoms with Crippen LogP contribution in [0.25, 0.3) is 6.08 Å². The molecule has 1 aromatic rings. The summed E-state index contributed by atoms with van der Waals surface area (Å²) < 4.78 is 0. The number of nitrogens with zero attached hydrogens (tertiary/aromatic N) is 2. The Morgan fingerprint density at radius 2 is 1.59 bits per heavy atom. The van der Waals surface area contributed by atoms with E-state index < -0.39 is 0 Å². The molecule has 2 fully saturated rings. The molecular weight excluding hydrogens is 336 g/mol. The third kappa shape index (κ3) is 5.44. The van der Waals surface area contributed by atoms with Gasteiger partial charge in [-0.3, -0.25) is 9.59 Å². The average molecular weight is 369 g/mol. The summed E-state index contributed by atoms with van der Waals surface area (Å²) in [4.78, 5) is 29.2. The molecule has 2 aliphatic rings. The van der Waals surface area contributed by atoms with Crippen LogP contribution in [0, 0.1) is 5.92 Å². The van der Waals surface area contributed by atoms with Crippen molar-refractivity contribution in [1.82, 2.24) is 9.80 Å². The minimum Gasteiger partial charge on any atom is -0.343 e. The number of rotatable bonds is 4. The van der Waals surface area contributed by atoms with Crippen LogP contribution in [-0.2, 0) is 9.59 Å². The minimum atomic E-state index is 0.0434. The number of benzene rings is 1. The van der Waals surface area contributed by atoms with Gasteiger partial charge in [-0.05, 0) is 37.3 Å². The van der Waals surface area contributed by atoms with E-state index in [9.17, 15) is 9.59 Å². The molecule has 4 heteroatoms. The normalized spacial score (nSPS) is 19.8. The van der Waals surface area contributed by atoms with Crippen molar-refractivity contribution in [2.24, 2.45) is 5.92 Å². The third-order valence-corrected chi connectivity index (χ3v) is 6.09. The summed E-state index contributed by atoms with van der Waals surface area (Å²) in [6, 6.07) is 10.3. The van der Waals surface area contributed by atoms with Crippen molar-refractivity contribution >= 4 is 17.9 Å². The lowest BCUT2D eigenvalue weighted by Gasteiger charge is -2.35. The molecule has 0 atom stereocenters. The van der Waals surface area contributed by atoms with Crippen molar-refractivity contribution in [2.45, 2.75) is 57.4 Å². The largest absolute Gasteiger partial charge is 0.343 e. The molecule has 0 N–H and O–H groups in total. The second-order valence-electron chi connectivity index (χ2n) is 7.94. The van der Waals surface area contributed by atoms with Gasteiger partial charge in [0.1, 0.15) is 0 Å². The number of likely N-dealkylation sites (tertiary alicyclic amines) is 1. The Kier molecular flexibility index (Phi) is 7.08. The second kappa shape index (κ2) is 9.72. The average Bonchev–Trinajstić information content (AvgIpc) is 3.01. The van der Waals surface area contributed by atoms with Gasteiger partial charge in [0.15, 0.2) is 0 Å². The highest BCUT2D eigenvalue weighted by atomic mass is 16.2. The highest BCUT2D eigenvalue weighted by molar-refractivity contribution is 5.92. The Hall–Kier alpha value is -2.10. The number of hydrogen-bond acceptors (Lipinski definition) is 2. The van der Waals surface area contributed by atoms with E-state index in [0.29, 0.717) is 19.1 Å². The number of hydrogen-bond donors (Lipinski definition) is 0. The first-order valence-electron chi connectivity index (χ1n) is 10.4. The highest BCUT2D eigenvalue weighted by Gasteiger charge is 2.31. The van der Waals surface area contributed by atoms with Crippen molar-refractivity contribution in [3.05, 3.63) is 42.0 Å². The SMILES string of the molecule is CN(C(=O)C1CCN(C(=O)/C=C/c2ccccc2)CC1)C1CCCCCC1. The molecule has 1 saturated heterocycles. The maximum Gasteiger partial charge on any atom is 0.246 e. The summed E-state index contributed by atoms with van der Waals surface area (Å²) in [5.41, 5.74) is 1.03. The fourth-order valence-corrected chi connectivity index (χ4v) is 4.30. The monoisotopic (exact) mass is 368 g/mol. The van der Waals surface area contributed by atoms with Crippen LogP contribution in [0.1, 0.15) is 56.9 Å². The van der Waals surface area contributed by atoms with E-state index in [2.05, 4.69) is 0 Å². The minimum absolute atomic E-state index is 0.0434. The van der Waals surface area contributed by atoms with Crippen LogP contribution < -0.4 is 0 Å². The molecule has 1 aliphatic carbocycles. The van der Waals surface area contributed by atoms with Gasteiger partial charge in [-0.1, -0.05) is 56.0 Å². The van der Waals surface area contributed by atoms with Gasteiger partial charge in [0.2, 0.25) is 11.8 Å². The van der Waals surface area contributed by atoms with Gasteiger partial charge in [0, 0.05) is 38.2 Å². The summed E-state index contributed by atoms with van der Waals surface area (Å²) in [5, 5.41) is 0. The molecular formula is C23H32N2O2. The van der Waals surface area contributed by atoms with Crippen LogP contribution in [0.3, 0.4) is 0 Å². The summed E-state index contributed by atoms with van der Waals surface area (Å²) in [6.07, 6.45) is 12.4. The van der Waals surface area contributed by atoms with Gasteiger partial charge >= 0.3 is 0 Å². The summed E-state index contributed by atoms with van der Waals surface area (Å²) >= 11 is 0. The molecule has 2 amide bonds. The molecule has 1 aliphatic heterocycles. The molecule has 4 nitrogen and oxygen atoms in total. The Labute approximate surface area is 163 Å². The van der Waals surface area contributed by atoms with Crippen LogP contribution in [0.4, 0.5) is 0 Å². The Morgan fingerprint density at radius 1 is 0.963 bits per heavy atom. The number of carbonyl (C=O) groups is 2. The second-order valence-corrected chi connectivity index (χ2v) is 7.94. The predicted octanol–water partition coefficient (Wildman–Crippen LogP) is 4.12. The van der Waals surface area contributed by atoms with E-state index in [1.165, 1.54) is 25.7 Å². The van der Waals surface area contributed by atoms with Crippen molar-refractivity contribution in [3.8, 4) is 0 Å². The van der Waals surface area contributed by atoms with E-state index in [1.54, 1.807) is 6.08 Å². The zero-order valence-electron chi connectivity index (χ0n) is 16.5. The number of piperidine rings is 1. The zero-order valence-corrected chi connectivity index (χ0v) is 16.5. The topological polar surface area (TPSA) is 40.6 Å². The van der Waals surface area contributed by atoms with Crippen molar-refractivity contribution in [1.29, 1.82) is 0 Å². The lowest BCUT2D eigenvalue weighted by atomic mass is 9.94. The van der Waals surface area contributed by atoms with E-state index in [0.717, 1.165) is 31.2 Å². The smallest absolute Gasteiger partial charge is 0.246 e. The molecule has 0 bridgehead atoms. The molecule has 0 radical (unpaired) electrons. The first-order valence-corrected chi connectivity index (χ1v) is 10.4. The fourth-order valence-electron chi connectivity index (χ4n) is 4.30. The molecule has 1 aromatic carbocycles. The summed E-state index contributed by atoms with van der Waals surface area (Å²) in [5.74, 6) is 0.399. The van der Waals surface area contributed by atoms with Crippen LogP contribution in [0.5, 0.6) is 0 Å². The standard InChI is InChI=1S/C23H32N2O2/c1-24(21-11-7-2-3-8-12-21)23(27)20-15-17-25(18-16-20)22(26)14-13-19-9-5-4-6-10-19/h4-6,9-10,13-14,20-21H,2-3,7-8,11-12,15-18H2,1H3/b14-13+. The summed E-state index contributed by atoms with van der Waals surface area (Å²) in [6.45, 7) is 1.35. The molecule has 27 heavy (non-hydrogen) atoms. The zero-order chi connectivity index (χ0) is 19.1. The third-order valence-electron chi connectivity index (χ3n) is 6.09. The Morgan fingerprint density at radius 3 is 2.22 bits per heavy atom. The molecule has 3 rings (SSSR count). The van der Waals surface area contributed by atoms with Crippen molar-refractivity contribution < 1.29 is 9.59 Å². The summed E-state index contributed by atoms with van der Waals surface area (Å²) in [7, 11) is 1.98.